The summed E-state index contributed by atoms with van der Waals surface area (Å²) in [7, 11) is 2.09. The van der Waals surface area contributed by atoms with E-state index in [0.29, 0.717) is 0 Å². The predicted molar refractivity (Wildman–Crippen MR) is 52.5 cm³/mol. The first kappa shape index (κ1) is 8.12. The highest BCUT2D eigenvalue weighted by molar-refractivity contribution is 5.43. The van der Waals surface area contributed by atoms with Gasteiger partial charge in [0.2, 0.25) is 0 Å². The van der Waals surface area contributed by atoms with Crippen LogP contribution < -0.4 is 9.47 Å². The van der Waals surface area contributed by atoms with Gasteiger partial charge in [0.05, 0.1) is 6.54 Å². The number of likely N-dealkylation sites (N-methyl/N-ethyl adjacent to an activating group) is 1. The molecule has 0 amide bonds. The number of benzene rings is 1. The third-order valence-electron chi connectivity index (χ3n) is 2.83. The first-order valence-corrected chi connectivity index (χ1v) is 4.93. The molecule has 1 aromatic rings. The molecule has 0 saturated carbocycles. The van der Waals surface area contributed by atoms with Gasteiger partial charge in [0, 0.05) is 13.0 Å². The smallest absolute Gasteiger partial charge is 0.265 e. The van der Waals surface area contributed by atoms with E-state index in [-0.39, 0.29) is 0 Å². The van der Waals surface area contributed by atoms with Gasteiger partial charge >= 0.3 is 0 Å². The molecule has 1 aromatic carbocycles. The minimum Gasteiger partial charge on any atom is -0.447 e. The van der Waals surface area contributed by atoms with Crippen LogP contribution in [-0.2, 0) is 0 Å². The summed E-state index contributed by atoms with van der Waals surface area (Å²) in [6.07, 6.45) is 0.943. The molecule has 1 spiro atoms. The summed E-state index contributed by atoms with van der Waals surface area (Å²) in [4.78, 5) is 2.23. The van der Waals surface area contributed by atoms with E-state index in [0.717, 1.165) is 31.0 Å². The number of nitrogens with zero attached hydrogens (tertiary/aromatic N) is 1. The van der Waals surface area contributed by atoms with Crippen LogP contribution in [0.25, 0.3) is 0 Å². The Labute approximate surface area is 83.2 Å². The van der Waals surface area contributed by atoms with Crippen molar-refractivity contribution < 1.29 is 9.47 Å². The van der Waals surface area contributed by atoms with Crippen LogP contribution in [0.2, 0.25) is 0 Å². The Balaban J connectivity index is 1.91. The van der Waals surface area contributed by atoms with Gasteiger partial charge in [0.1, 0.15) is 0 Å². The Morgan fingerprint density at radius 3 is 2.36 bits per heavy atom. The van der Waals surface area contributed by atoms with Crippen LogP contribution in [-0.4, -0.2) is 30.8 Å². The van der Waals surface area contributed by atoms with Crippen LogP contribution in [0.1, 0.15) is 6.42 Å². The van der Waals surface area contributed by atoms with E-state index in [1.165, 1.54) is 0 Å². The van der Waals surface area contributed by atoms with Gasteiger partial charge in [-0.15, -0.1) is 0 Å². The van der Waals surface area contributed by atoms with Gasteiger partial charge in [0.15, 0.2) is 11.5 Å². The average molecular weight is 191 g/mol. The third kappa shape index (κ3) is 1.09. The van der Waals surface area contributed by atoms with E-state index >= 15 is 0 Å². The second kappa shape index (κ2) is 2.64. The molecule has 0 unspecified atom stereocenters. The van der Waals surface area contributed by atoms with Gasteiger partial charge < -0.3 is 9.47 Å². The minimum absolute atomic E-state index is 0.404. The van der Waals surface area contributed by atoms with Crippen molar-refractivity contribution in [1.29, 1.82) is 0 Å². The zero-order valence-electron chi connectivity index (χ0n) is 8.19. The van der Waals surface area contributed by atoms with Crippen LogP contribution in [0, 0.1) is 0 Å². The zero-order chi connectivity index (χ0) is 9.60. The summed E-state index contributed by atoms with van der Waals surface area (Å²) in [5.41, 5.74) is 0. The lowest BCUT2D eigenvalue weighted by atomic mass is 10.2. The highest BCUT2D eigenvalue weighted by Gasteiger charge is 2.46. The number of hydrogen-bond acceptors (Lipinski definition) is 3. The normalized spacial score (nSPS) is 23.2. The van der Waals surface area contributed by atoms with Crippen molar-refractivity contribution in [2.45, 2.75) is 12.2 Å². The molecular formula is C11H13NO2. The van der Waals surface area contributed by atoms with Crippen LogP contribution >= 0.6 is 0 Å². The lowest BCUT2D eigenvalue weighted by Gasteiger charge is -2.21. The second-order valence-corrected chi connectivity index (χ2v) is 4.05. The topological polar surface area (TPSA) is 21.7 Å². The summed E-state index contributed by atoms with van der Waals surface area (Å²) in [5.74, 6) is 1.35. The van der Waals surface area contributed by atoms with E-state index in [9.17, 15) is 0 Å². The molecule has 3 heteroatoms. The molecule has 0 N–H and O–H groups in total. The van der Waals surface area contributed by atoms with E-state index < -0.39 is 5.79 Å². The van der Waals surface area contributed by atoms with Gasteiger partial charge in [-0.3, -0.25) is 4.90 Å². The first-order valence-electron chi connectivity index (χ1n) is 4.93. The zero-order valence-corrected chi connectivity index (χ0v) is 8.19. The maximum Gasteiger partial charge on any atom is 0.265 e. The Morgan fingerprint density at radius 1 is 1.21 bits per heavy atom. The Bertz CT molecular complexity index is 339. The van der Waals surface area contributed by atoms with Gasteiger partial charge in [-0.1, -0.05) is 12.1 Å². The molecule has 3 nitrogen and oxygen atoms in total. The first-order chi connectivity index (χ1) is 6.77. The molecule has 74 valence electrons. The van der Waals surface area contributed by atoms with Crippen molar-refractivity contribution in [3.63, 3.8) is 0 Å². The van der Waals surface area contributed by atoms with Crippen molar-refractivity contribution in [2.24, 2.45) is 0 Å². The molecule has 2 aliphatic rings. The number of likely N-dealkylation sites (tertiary alicyclic amines) is 1. The van der Waals surface area contributed by atoms with Gasteiger partial charge in [0.25, 0.3) is 5.79 Å². The molecule has 1 fully saturated rings. The lowest BCUT2D eigenvalue weighted by Crippen LogP contribution is -2.40. The molecule has 0 bridgehead atoms. The van der Waals surface area contributed by atoms with Gasteiger partial charge in [-0.2, -0.15) is 0 Å². The number of ether oxygens (including phenoxy) is 2. The standard InChI is InChI=1S/C11H13NO2/c1-12-7-6-11(8-12)13-9-4-2-3-5-10(9)14-11/h2-5H,6-8H2,1H3. The fourth-order valence-corrected chi connectivity index (χ4v) is 2.14. The Kier molecular flexibility index (Phi) is 1.53. The largest absolute Gasteiger partial charge is 0.447 e. The van der Waals surface area contributed by atoms with Crippen molar-refractivity contribution in [1.82, 2.24) is 4.90 Å². The van der Waals surface area contributed by atoms with Crippen molar-refractivity contribution in [2.75, 3.05) is 20.1 Å². The number of hydrogen-bond donors (Lipinski definition) is 0. The fourth-order valence-electron chi connectivity index (χ4n) is 2.14. The average Bonchev–Trinajstić information content (AvgIpc) is 2.69. The van der Waals surface area contributed by atoms with E-state index in [2.05, 4.69) is 11.9 Å². The van der Waals surface area contributed by atoms with Crippen LogP contribution in [0.4, 0.5) is 0 Å². The summed E-state index contributed by atoms with van der Waals surface area (Å²) in [6, 6.07) is 7.87. The molecule has 2 aliphatic heterocycles. The number of rotatable bonds is 0. The summed E-state index contributed by atoms with van der Waals surface area (Å²) >= 11 is 0. The Morgan fingerprint density at radius 2 is 1.86 bits per heavy atom. The highest BCUT2D eigenvalue weighted by atomic mass is 16.7. The summed E-state index contributed by atoms with van der Waals surface area (Å²) < 4.78 is 11.7. The summed E-state index contributed by atoms with van der Waals surface area (Å²) in [6.45, 7) is 1.88. The maximum atomic E-state index is 5.86. The molecule has 0 aromatic heterocycles. The monoisotopic (exact) mass is 191 g/mol. The molecule has 3 rings (SSSR count). The minimum atomic E-state index is -0.404. The predicted octanol–water partition coefficient (Wildman–Crippen LogP) is 1.49. The SMILES string of the molecule is CN1CCC2(C1)Oc1ccccc1O2. The highest BCUT2D eigenvalue weighted by Crippen LogP contribution is 2.42. The third-order valence-corrected chi connectivity index (χ3v) is 2.83. The van der Waals surface area contributed by atoms with Crippen LogP contribution in [0.5, 0.6) is 11.5 Å². The lowest BCUT2D eigenvalue weighted by molar-refractivity contribution is -0.0659. The van der Waals surface area contributed by atoms with E-state index in [4.69, 9.17) is 9.47 Å². The van der Waals surface area contributed by atoms with E-state index in [1.807, 2.05) is 24.3 Å². The van der Waals surface area contributed by atoms with Gasteiger partial charge in [-0.05, 0) is 19.2 Å². The molecule has 0 radical (unpaired) electrons. The maximum absolute atomic E-state index is 5.86. The second-order valence-electron chi connectivity index (χ2n) is 4.05. The number of para-hydroxylation sites is 2. The molecule has 0 aliphatic carbocycles. The van der Waals surface area contributed by atoms with Crippen LogP contribution in [0.15, 0.2) is 24.3 Å². The molecule has 2 heterocycles. The molecule has 14 heavy (non-hydrogen) atoms. The molecular weight excluding hydrogens is 178 g/mol. The molecule has 1 saturated heterocycles. The van der Waals surface area contributed by atoms with Crippen molar-refractivity contribution in [3.8, 4) is 11.5 Å². The quantitative estimate of drug-likeness (QED) is 0.620. The molecule has 0 atom stereocenters. The van der Waals surface area contributed by atoms with E-state index in [1.54, 1.807) is 0 Å². The summed E-state index contributed by atoms with van der Waals surface area (Å²) in [5, 5.41) is 0. The number of fused-ring (bicyclic) bond motifs is 1. The van der Waals surface area contributed by atoms with Gasteiger partial charge in [-0.25, -0.2) is 0 Å². The van der Waals surface area contributed by atoms with Crippen LogP contribution in [0.3, 0.4) is 0 Å². The van der Waals surface area contributed by atoms with Crippen molar-refractivity contribution >= 4 is 0 Å². The van der Waals surface area contributed by atoms with Crippen molar-refractivity contribution in [3.05, 3.63) is 24.3 Å². The fraction of sp³-hybridized carbons (Fsp3) is 0.455. The Hall–Kier alpha value is -1.22.